The molecular formula is C16H20N2O2. The average Bonchev–Trinajstić information content (AvgIpc) is 2.51. The first-order valence-corrected chi connectivity index (χ1v) is 6.70. The standard InChI is InChI=1S/C16H20N2O2/c1-3-16(4-2,12-19)18-15(20)10-9-13-5-7-14(11-17)8-6-13/h5-10,19H,3-4,12H2,1-2H3,(H,18,20). The third-order valence-corrected chi connectivity index (χ3v) is 3.51. The summed E-state index contributed by atoms with van der Waals surface area (Å²) < 4.78 is 0. The first kappa shape index (κ1) is 15.9. The lowest BCUT2D eigenvalue weighted by molar-refractivity contribution is -0.119. The maximum Gasteiger partial charge on any atom is 0.244 e. The largest absolute Gasteiger partial charge is 0.394 e. The summed E-state index contributed by atoms with van der Waals surface area (Å²) in [6.07, 6.45) is 4.48. The third-order valence-electron chi connectivity index (χ3n) is 3.51. The van der Waals surface area contributed by atoms with Crippen molar-refractivity contribution in [3.63, 3.8) is 0 Å². The van der Waals surface area contributed by atoms with Gasteiger partial charge in [0, 0.05) is 6.08 Å². The number of carbonyl (C=O) groups is 1. The monoisotopic (exact) mass is 272 g/mol. The van der Waals surface area contributed by atoms with E-state index in [0.29, 0.717) is 18.4 Å². The molecule has 106 valence electrons. The Morgan fingerprint density at radius 3 is 2.40 bits per heavy atom. The van der Waals surface area contributed by atoms with Crippen molar-refractivity contribution in [3.05, 3.63) is 41.5 Å². The van der Waals surface area contributed by atoms with E-state index in [-0.39, 0.29) is 12.5 Å². The number of hydrogen-bond donors (Lipinski definition) is 2. The van der Waals surface area contributed by atoms with E-state index in [9.17, 15) is 9.90 Å². The Bertz CT molecular complexity index is 500. The number of carbonyl (C=O) groups excluding carboxylic acids is 1. The smallest absolute Gasteiger partial charge is 0.244 e. The van der Waals surface area contributed by atoms with E-state index in [2.05, 4.69) is 5.32 Å². The number of aliphatic hydroxyl groups is 1. The molecule has 0 unspecified atom stereocenters. The molecule has 1 rings (SSSR count). The first-order chi connectivity index (χ1) is 9.59. The molecule has 4 heteroatoms. The van der Waals surface area contributed by atoms with E-state index in [1.165, 1.54) is 6.08 Å². The van der Waals surface area contributed by atoms with Crippen molar-refractivity contribution in [1.29, 1.82) is 5.26 Å². The quantitative estimate of drug-likeness (QED) is 0.780. The lowest BCUT2D eigenvalue weighted by Crippen LogP contribution is -2.49. The van der Waals surface area contributed by atoms with Crippen LogP contribution in [0, 0.1) is 11.3 Å². The molecule has 0 aliphatic heterocycles. The Kier molecular flexibility index (Phi) is 5.95. The highest BCUT2D eigenvalue weighted by molar-refractivity contribution is 5.92. The SMILES string of the molecule is CCC(CC)(CO)NC(=O)C=Cc1ccc(C#N)cc1. The van der Waals surface area contributed by atoms with Gasteiger partial charge in [0.2, 0.25) is 5.91 Å². The molecule has 4 nitrogen and oxygen atoms in total. The maximum atomic E-state index is 11.9. The Balaban J connectivity index is 2.69. The lowest BCUT2D eigenvalue weighted by Gasteiger charge is -2.30. The number of nitriles is 1. The number of benzene rings is 1. The van der Waals surface area contributed by atoms with E-state index in [1.807, 2.05) is 19.9 Å². The van der Waals surface area contributed by atoms with Gasteiger partial charge in [-0.25, -0.2) is 0 Å². The summed E-state index contributed by atoms with van der Waals surface area (Å²) in [7, 11) is 0. The molecule has 0 saturated heterocycles. The zero-order valence-electron chi connectivity index (χ0n) is 11.9. The zero-order valence-corrected chi connectivity index (χ0v) is 11.9. The number of aliphatic hydroxyl groups excluding tert-OH is 1. The van der Waals surface area contributed by atoms with Gasteiger partial charge in [0.05, 0.1) is 23.8 Å². The summed E-state index contributed by atoms with van der Waals surface area (Å²) in [5, 5.41) is 20.9. The molecule has 0 heterocycles. The summed E-state index contributed by atoms with van der Waals surface area (Å²) in [5.41, 5.74) is 0.885. The van der Waals surface area contributed by atoms with Crippen LogP contribution in [0.1, 0.15) is 37.8 Å². The summed E-state index contributed by atoms with van der Waals surface area (Å²) >= 11 is 0. The van der Waals surface area contributed by atoms with Crippen LogP contribution in [0.25, 0.3) is 6.08 Å². The van der Waals surface area contributed by atoms with Crippen LogP contribution in [0.3, 0.4) is 0 Å². The molecule has 0 spiro atoms. The van der Waals surface area contributed by atoms with Crippen molar-refractivity contribution in [2.45, 2.75) is 32.2 Å². The minimum Gasteiger partial charge on any atom is -0.394 e. The van der Waals surface area contributed by atoms with Gasteiger partial charge in [-0.3, -0.25) is 4.79 Å². The van der Waals surface area contributed by atoms with Gasteiger partial charge in [0.25, 0.3) is 0 Å². The molecule has 0 bridgehead atoms. The Hall–Kier alpha value is -2.12. The Labute approximate surface area is 119 Å². The zero-order chi connectivity index (χ0) is 15.0. The van der Waals surface area contributed by atoms with Gasteiger partial charge < -0.3 is 10.4 Å². The van der Waals surface area contributed by atoms with Crippen LogP contribution in [-0.2, 0) is 4.79 Å². The lowest BCUT2D eigenvalue weighted by atomic mass is 9.94. The molecule has 20 heavy (non-hydrogen) atoms. The molecule has 0 aromatic heterocycles. The van der Waals surface area contributed by atoms with E-state index in [0.717, 1.165) is 5.56 Å². The van der Waals surface area contributed by atoms with Crippen LogP contribution in [0.2, 0.25) is 0 Å². The number of hydrogen-bond acceptors (Lipinski definition) is 3. The van der Waals surface area contributed by atoms with Crippen LogP contribution in [0.15, 0.2) is 30.3 Å². The van der Waals surface area contributed by atoms with Gasteiger partial charge in [-0.1, -0.05) is 26.0 Å². The van der Waals surface area contributed by atoms with Crippen LogP contribution >= 0.6 is 0 Å². The number of nitrogens with one attached hydrogen (secondary N) is 1. The van der Waals surface area contributed by atoms with Crippen molar-refractivity contribution < 1.29 is 9.90 Å². The second-order valence-corrected chi connectivity index (χ2v) is 4.70. The fraction of sp³-hybridized carbons (Fsp3) is 0.375. The highest BCUT2D eigenvalue weighted by Gasteiger charge is 2.26. The fourth-order valence-electron chi connectivity index (χ4n) is 1.83. The summed E-state index contributed by atoms with van der Waals surface area (Å²) in [5.74, 6) is -0.230. The number of amides is 1. The minimum atomic E-state index is -0.550. The molecule has 0 aliphatic carbocycles. The molecule has 0 atom stereocenters. The van der Waals surface area contributed by atoms with Gasteiger partial charge in [-0.2, -0.15) is 5.26 Å². The first-order valence-electron chi connectivity index (χ1n) is 6.70. The van der Waals surface area contributed by atoms with Crippen molar-refractivity contribution in [1.82, 2.24) is 5.32 Å². The molecule has 0 radical (unpaired) electrons. The highest BCUT2D eigenvalue weighted by Crippen LogP contribution is 2.14. The van der Waals surface area contributed by atoms with Crippen molar-refractivity contribution in [2.75, 3.05) is 6.61 Å². The summed E-state index contributed by atoms with van der Waals surface area (Å²) in [4.78, 5) is 11.9. The molecule has 2 N–H and O–H groups in total. The highest BCUT2D eigenvalue weighted by atomic mass is 16.3. The molecular weight excluding hydrogens is 252 g/mol. The van der Waals surface area contributed by atoms with Gasteiger partial charge in [0.15, 0.2) is 0 Å². The molecule has 1 aromatic carbocycles. The molecule has 0 aliphatic rings. The van der Waals surface area contributed by atoms with E-state index in [4.69, 9.17) is 5.26 Å². The predicted molar refractivity (Wildman–Crippen MR) is 78.7 cm³/mol. The van der Waals surface area contributed by atoms with Gasteiger partial charge in [-0.05, 0) is 36.6 Å². The van der Waals surface area contributed by atoms with Crippen LogP contribution in [0.5, 0.6) is 0 Å². The van der Waals surface area contributed by atoms with Crippen LogP contribution < -0.4 is 5.32 Å². The van der Waals surface area contributed by atoms with Gasteiger partial charge in [-0.15, -0.1) is 0 Å². The third kappa shape index (κ3) is 4.22. The van der Waals surface area contributed by atoms with E-state index < -0.39 is 5.54 Å². The van der Waals surface area contributed by atoms with E-state index >= 15 is 0 Å². The van der Waals surface area contributed by atoms with Gasteiger partial charge in [0.1, 0.15) is 0 Å². The fourth-order valence-corrected chi connectivity index (χ4v) is 1.83. The van der Waals surface area contributed by atoms with Crippen molar-refractivity contribution >= 4 is 12.0 Å². The van der Waals surface area contributed by atoms with Crippen molar-refractivity contribution in [2.24, 2.45) is 0 Å². The second kappa shape index (κ2) is 7.46. The Morgan fingerprint density at radius 2 is 1.95 bits per heavy atom. The molecule has 1 aromatic rings. The predicted octanol–water partition coefficient (Wildman–Crippen LogP) is 2.24. The average molecular weight is 272 g/mol. The summed E-state index contributed by atoms with van der Waals surface area (Å²) in [6.45, 7) is 3.80. The second-order valence-electron chi connectivity index (χ2n) is 4.70. The summed E-state index contributed by atoms with van der Waals surface area (Å²) in [6, 6.07) is 9.00. The normalized spacial score (nSPS) is 11.3. The Morgan fingerprint density at radius 1 is 1.35 bits per heavy atom. The molecule has 0 saturated carbocycles. The van der Waals surface area contributed by atoms with Crippen LogP contribution in [0.4, 0.5) is 0 Å². The van der Waals surface area contributed by atoms with E-state index in [1.54, 1.807) is 30.3 Å². The molecule has 0 fully saturated rings. The number of nitrogens with zero attached hydrogens (tertiary/aromatic N) is 1. The molecule has 1 amide bonds. The maximum absolute atomic E-state index is 11.9. The van der Waals surface area contributed by atoms with Crippen molar-refractivity contribution in [3.8, 4) is 6.07 Å². The van der Waals surface area contributed by atoms with Crippen LogP contribution in [-0.4, -0.2) is 23.2 Å². The van der Waals surface area contributed by atoms with Gasteiger partial charge >= 0.3 is 0 Å². The number of rotatable bonds is 6. The minimum absolute atomic E-state index is 0.0730. The topological polar surface area (TPSA) is 73.1 Å².